The van der Waals surface area contributed by atoms with Gasteiger partial charge in [-0.3, -0.25) is 4.90 Å². The zero-order valence-electron chi connectivity index (χ0n) is 9.36. The highest BCUT2D eigenvalue weighted by molar-refractivity contribution is 4.99. The van der Waals surface area contributed by atoms with E-state index in [1.54, 1.807) is 0 Å². The minimum absolute atomic E-state index is 0.0182. The molecule has 3 rings (SSSR count). The van der Waals surface area contributed by atoms with Gasteiger partial charge >= 0.3 is 0 Å². The van der Waals surface area contributed by atoms with Crippen LogP contribution in [0.1, 0.15) is 38.5 Å². The molecule has 3 aliphatic rings. The Morgan fingerprint density at radius 1 is 1.00 bits per heavy atom. The van der Waals surface area contributed by atoms with Crippen molar-refractivity contribution in [3.05, 3.63) is 0 Å². The van der Waals surface area contributed by atoms with Gasteiger partial charge in [-0.05, 0) is 45.1 Å². The summed E-state index contributed by atoms with van der Waals surface area (Å²) in [6.45, 7) is 2.37. The average Bonchev–Trinajstić information content (AvgIpc) is 2.53. The molecule has 3 aliphatic heterocycles. The van der Waals surface area contributed by atoms with Gasteiger partial charge in [-0.2, -0.15) is 0 Å². The first-order chi connectivity index (χ1) is 7.34. The van der Waals surface area contributed by atoms with Gasteiger partial charge in [0.2, 0.25) is 0 Å². The molecule has 15 heavy (non-hydrogen) atoms. The molecular formula is C12H22N2O. The van der Waals surface area contributed by atoms with Crippen molar-refractivity contribution in [2.45, 2.75) is 62.8 Å². The molecule has 0 aromatic heterocycles. The molecule has 3 heteroatoms. The van der Waals surface area contributed by atoms with Crippen LogP contribution in [-0.4, -0.2) is 47.3 Å². The third kappa shape index (κ3) is 1.81. The maximum atomic E-state index is 9.76. The van der Waals surface area contributed by atoms with Crippen molar-refractivity contribution in [1.29, 1.82) is 0 Å². The fourth-order valence-electron chi connectivity index (χ4n) is 3.87. The molecule has 0 aromatic rings. The van der Waals surface area contributed by atoms with E-state index in [0.717, 1.165) is 18.9 Å². The van der Waals surface area contributed by atoms with Gasteiger partial charge in [0.25, 0.3) is 0 Å². The summed E-state index contributed by atoms with van der Waals surface area (Å²) in [7, 11) is 0. The lowest BCUT2D eigenvalue weighted by Crippen LogP contribution is -2.54. The highest BCUT2D eigenvalue weighted by atomic mass is 16.3. The SMILES string of the molecule is OC1CC2CCC(C1)N2C1CCCNC1. The molecule has 3 atom stereocenters. The van der Waals surface area contributed by atoms with Gasteiger partial charge in [0.1, 0.15) is 0 Å². The molecule has 0 amide bonds. The van der Waals surface area contributed by atoms with Gasteiger partial charge in [-0.25, -0.2) is 0 Å². The van der Waals surface area contributed by atoms with Crippen molar-refractivity contribution in [3.63, 3.8) is 0 Å². The topological polar surface area (TPSA) is 35.5 Å². The van der Waals surface area contributed by atoms with E-state index in [-0.39, 0.29) is 6.10 Å². The number of aliphatic hydroxyl groups excluding tert-OH is 1. The van der Waals surface area contributed by atoms with Crippen LogP contribution in [0.2, 0.25) is 0 Å². The van der Waals surface area contributed by atoms with E-state index in [9.17, 15) is 5.11 Å². The number of rotatable bonds is 1. The second-order valence-corrected chi connectivity index (χ2v) is 5.46. The Kier molecular flexibility index (Phi) is 2.71. The summed E-state index contributed by atoms with van der Waals surface area (Å²) in [5, 5.41) is 13.3. The lowest BCUT2D eigenvalue weighted by Gasteiger charge is -2.44. The third-order valence-electron chi connectivity index (χ3n) is 4.46. The molecule has 0 spiro atoms. The molecule has 0 radical (unpaired) electrons. The third-order valence-corrected chi connectivity index (χ3v) is 4.46. The Morgan fingerprint density at radius 3 is 2.33 bits per heavy atom. The zero-order chi connectivity index (χ0) is 10.3. The van der Waals surface area contributed by atoms with E-state index < -0.39 is 0 Å². The van der Waals surface area contributed by atoms with Gasteiger partial charge in [-0.15, -0.1) is 0 Å². The quantitative estimate of drug-likeness (QED) is 0.669. The van der Waals surface area contributed by atoms with E-state index in [4.69, 9.17) is 0 Å². The van der Waals surface area contributed by atoms with E-state index in [0.29, 0.717) is 12.1 Å². The molecular weight excluding hydrogens is 188 g/mol. The van der Waals surface area contributed by atoms with E-state index in [1.165, 1.54) is 38.8 Å². The normalized spacial score (nSPS) is 47.0. The standard InChI is InChI=1S/C12H22N2O/c15-12-6-9-3-4-10(7-12)14(9)11-2-1-5-13-8-11/h9-13,15H,1-8H2. The number of nitrogens with one attached hydrogen (secondary N) is 1. The molecule has 2 N–H and O–H groups in total. The monoisotopic (exact) mass is 210 g/mol. The Balaban J connectivity index is 1.70. The van der Waals surface area contributed by atoms with Crippen molar-refractivity contribution in [3.8, 4) is 0 Å². The van der Waals surface area contributed by atoms with Gasteiger partial charge in [0, 0.05) is 24.7 Å². The van der Waals surface area contributed by atoms with Gasteiger partial charge < -0.3 is 10.4 Å². The van der Waals surface area contributed by atoms with Crippen LogP contribution in [-0.2, 0) is 0 Å². The van der Waals surface area contributed by atoms with Crippen LogP contribution in [0.4, 0.5) is 0 Å². The van der Waals surface area contributed by atoms with Crippen molar-refractivity contribution in [2.75, 3.05) is 13.1 Å². The van der Waals surface area contributed by atoms with Crippen molar-refractivity contribution < 1.29 is 5.11 Å². The molecule has 2 bridgehead atoms. The second kappa shape index (κ2) is 4.04. The van der Waals surface area contributed by atoms with Crippen molar-refractivity contribution in [1.82, 2.24) is 10.2 Å². The predicted molar refractivity (Wildman–Crippen MR) is 59.8 cm³/mol. The molecule has 3 unspecified atom stereocenters. The number of hydrogen-bond acceptors (Lipinski definition) is 3. The van der Waals surface area contributed by atoms with E-state index in [2.05, 4.69) is 10.2 Å². The van der Waals surface area contributed by atoms with Crippen LogP contribution in [0.15, 0.2) is 0 Å². The molecule has 3 saturated heterocycles. The van der Waals surface area contributed by atoms with Crippen molar-refractivity contribution in [2.24, 2.45) is 0 Å². The average molecular weight is 210 g/mol. The highest BCUT2D eigenvalue weighted by Crippen LogP contribution is 2.38. The van der Waals surface area contributed by atoms with Crippen LogP contribution < -0.4 is 5.32 Å². The van der Waals surface area contributed by atoms with Crippen molar-refractivity contribution >= 4 is 0 Å². The Morgan fingerprint density at radius 2 is 1.73 bits per heavy atom. The number of nitrogens with zero attached hydrogens (tertiary/aromatic N) is 1. The first kappa shape index (κ1) is 10.1. The summed E-state index contributed by atoms with van der Waals surface area (Å²) in [5.74, 6) is 0. The molecule has 0 aliphatic carbocycles. The smallest absolute Gasteiger partial charge is 0.0570 e. The lowest BCUT2D eigenvalue weighted by molar-refractivity contribution is 0.00437. The second-order valence-electron chi connectivity index (χ2n) is 5.46. The van der Waals surface area contributed by atoms with Crippen LogP contribution >= 0.6 is 0 Å². The molecule has 3 fully saturated rings. The molecule has 86 valence electrons. The maximum absolute atomic E-state index is 9.76. The fraction of sp³-hybridized carbons (Fsp3) is 1.00. The molecule has 3 nitrogen and oxygen atoms in total. The summed E-state index contributed by atoms with van der Waals surface area (Å²) in [6, 6.07) is 2.12. The van der Waals surface area contributed by atoms with Gasteiger partial charge in [0.15, 0.2) is 0 Å². The maximum Gasteiger partial charge on any atom is 0.0570 e. The summed E-state index contributed by atoms with van der Waals surface area (Å²) >= 11 is 0. The number of piperidine rings is 2. The van der Waals surface area contributed by atoms with Crippen LogP contribution in [0, 0.1) is 0 Å². The Bertz CT molecular complexity index is 214. The summed E-state index contributed by atoms with van der Waals surface area (Å²) < 4.78 is 0. The molecule has 3 heterocycles. The highest BCUT2D eigenvalue weighted by Gasteiger charge is 2.43. The molecule has 0 aromatic carbocycles. The fourth-order valence-corrected chi connectivity index (χ4v) is 3.87. The summed E-state index contributed by atoms with van der Waals surface area (Å²) in [6.07, 6.45) is 7.34. The minimum Gasteiger partial charge on any atom is -0.393 e. The first-order valence-electron chi connectivity index (χ1n) is 6.51. The van der Waals surface area contributed by atoms with Crippen LogP contribution in [0.3, 0.4) is 0 Å². The number of fused-ring (bicyclic) bond motifs is 2. The summed E-state index contributed by atoms with van der Waals surface area (Å²) in [5.41, 5.74) is 0. The Hall–Kier alpha value is -0.120. The van der Waals surface area contributed by atoms with E-state index in [1.807, 2.05) is 0 Å². The van der Waals surface area contributed by atoms with E-state index >= 15 is 0 Å². The zero-order valence-corrected chi connectivity index (χ0v) is 9.36. The minimum atomic E-state index is -0.0182. The first-order valence-corrected chi connectivity index (χ1v) is 6.51. The largest absolute Gasteiger partial charge is 0.393 e. The van der Waals surface area contributed by atoms with Crippen LogP contribution in [0.5, 0.6) is 0 Å². The lowest BCUT2D eigenvalue weighted by atomic mass is 9.95. The summed E-state index contributed by atoms with van der Waals surface area (Å²) in [4.78, 5) is 2.74. The van der Waals surface area contributed by atoms with Gasteiger partial charge in [0.05, 0.1) is 6.10 Å². The Labute approximate surface area is 91.8 Å². The van der Waals surface area contributed by atoms with Gasteiger partial charge in [-0.1, -0.05) is 0 Å². The molecule has 0 saturated carbocycles. The predicted octanol–water partition coefficient (Wildman–Crippen LogP) is 0.726. The van der Waals surface area contributed by atoms with Crippen LogP contribution in [0.25, 0.3) is 0 Å². The number of hydrogen-bond donors (Lipinski definition) is 2. The number of aliphatic hydroxyl groups is 1.